The van der Waals surface area contributed by atoms with Crippen LogP contribution in [0.25, 0.3) is 0 Å². The molecular weight excluding hydrogens is 196 g/mol. The number of aliphatic hydroxyl groups is 1. The van der Waals surface area contributed by atoms with Gasteiger partial charge in [-0.15, -0.1) is 0 Å². The fraction of sp³-hybridized carbons (Fsp3) is 0.600. The lowest BCUT2D eigenvalue weighted by molar-refractivity contribution is -0.135. The van der Waals surface area contributed by atoms with Gasteiger partial charge in [0, 0.05) is 24.9 Å². The summed E-state index contributed by atoms with van der Waals surface area (Å²) in [5.41, 5.74) is 0.985. The topological polar surface area (TPSA) is 82.4 Å². The van der Waals surface area contributed by atoms with Gasteiger partial charge in [0.2, 0.25) is 0 Å². The molecule has 5 heteroatoms. The summed E-state index contributed by atoms with van der Waals surface area (Å²) in [6.45, 7) is 3.58. The molecule has 0 unspecified atom stereocenters. The molecule has 0 amide bonds. The van der Waals surface area contributed by atoms with Crippen LogP contribution in [0.3, 0.4) is 0 Å². The number of nitrogens with one attached hydrogen (secondary N) is 2. The summed E-state index contributed by atoms with van der Waals surface area (Å²) < 4.78 is 4.72. The molecule has 0 aliphatic carbocycles. The molecule has 0 saturated heterocycles. The fourth-order valence-electron chi connectivity index (χ4n) is 1.09. The van der Waals surface area contributed by atoms with Crippen molar-refractivity contribution in [1.82, 2.24) is 5.32 Å². The molecule has 86 valence electrons. The maximum atomic E-state index is 11.3. The van der Waals surface area contributed by atoms with Crippen molar-refractivity contribution in [3.8, 4) is 0 Å². The van der Waals surface area contributed by atoms with Crippen LogP contribution in [0.2, 0.25) is 0 Å². The monoisotopic (exact) mass is 214 g/mol. The van der Waals surface area contributed by atoms with Crippen molar-refractivity contribution in [2.45, 2.75) is 20.3 Å². The van der Waals surface area contributed by atoms with Gasteiger partial charge >= 0.3 is 5.97 Å². The number of carbonyl (C=O) groups excluding carboxylic acids is 1. The van der Waals surface area contributed by atoms with E-state index in [9.17, 15) is 4.79 Å². The maximum Gasteiger partial charge on any atom is 0.356 e. The predicted molar refractivity (Wildman–Crippen MR) is 57.8 cm³/mol. The summed E-state index contributed by atoms with van der Waals surface area (Å²) in [5.74, 6) is -0.657. The first-order chi connectivity index (χ1) is 7.08. The Balaban J connectivity index is 4.78. The number of hydrogen-bond donors (Lipinski definition) is 3. The molecule has 0 aromatic carbocycles. The number of hydrogen-bond acceptors (Lipinski definition) is 5. The van der Waals surface area contributed by atoms with Crippen LogP contribution in [0.1, 0.15) is 20.3 Å². The van der Waals surface area contributed by atoms with Gasteiger partial charge in [0.25, 0.3) is 0 Å². The van der Waals surface area contributed by atoms with Crippen LogP contribution in [0, 0.1) is 5.41 Å². The second-order valence-corrected chi connectivity index (χ2v) is 2.92. The Morgan fingerprint density at radius 2 is 2.13 bits per heavy atom. The van der Waals surface area contributed by atoms with E-state index in [1.807, 2.05) is 0 Å². The summed E-state index contributed by atoms with van der Waals surface area (Å²) >= 11 is 0. The summed E-state index contributed by atoms with van der Waals surface area (Å²) in [5, 5.41) is 19.3. The second kappa shape index (κ2) is 7.00. The molecule has 0 fully saturated rings. The van der Waals surface area contributed by atoms with Gasteiger partial charge in [0.05, 0.1) is 6.61 Å². The Labute approximate surface area is 89.6 Å². The van der Waals surface area contributed by atoms with Gasteiger partial charge in [-0.1, -0.05) is 0 Å². The lowest BCUT2D eigenvalue weighted by Crippen LogP contribution is -2.22. The van der Waals surface area contributed by atoms with Gasteiger partial charge in [-0.2, -0.15) is 0 Å². The normalized spacial score (nSPS) is 11.7. The van der Waals surface area contributed by atoms with Gasteiger partial charge in [-0.05, 0) is 20.3 Å². The lowest BCUT2D eigenvalue weighted by Gasteiger charge is -2.11. The summed E-state index contributed by atoms with van der Waals surface area (Å²) in [7, 11) is 1.70. The number of allylic oxidation sites excluding steroid dienone is 1. The number of aliphatic hydroxyl groups excluding tert-OH is 1. The highest BCUT2D eigenvalue weighted by molar-refractivity contribution is 6.42. The Morgan fingerprint density at radius 1 is 1.53 bits per heavy atom. The summed E-state index contributed by atoms with van der Waals surface area (Å²) in [4.78, 5) is 11.3. The van der Waals surface area contributed by atoms with Crippen LogP contribution < -0.4 is 5.32 Å². The van der Waals surface area contributed by atoms with Crippen LogP contribution in [-0.4, -0.2) is 37.0 Å². The van der Waals surface area contributed by atoms with E-state index in [0.717, 1.165) is 0 Å². The van der Waals surface area contributed by atoms with E-state index in [-0.39, 0.29) is 25.3 Å². The van der Waals surface area contributed by atoms with E-state index in [2.05, 4.69) is 5.32 Å². The van der Waals surface area contributed by atoms with Crippen molar-refractivity contribution in [3.05, 3.63) is 11.3 Å². The maximum absolute atomic E-state index is 11.3. The first kappa shape index (κ1) is 13.6. The third-order valence-electron chi connectivity index (χ3n) is 1.97. The minimum atomic E-state index is -0.657. The molecule has 0 bridgehead atoms. The van der Waals surface area contributed by atoms with Crippen molar-refractivity contribution >= 4 is 11.7 Å². The van der Waals surface area contributed by atoms with Crippen molar-refractivity contribution in [2.75, 3.05) is 20.3 Å². The van der Waals surface area contributed by atoms with Crippen LogP contribution in [0.15, 0.2) is 11.3 Å². The molecule has 0 aromatic rings. The van der Waals surface area contributed by atoms with Gasteiger partial charge in [-0.25, -0.2) is 4.79 Å². The van der Waals surface area contributed by atoms with Gasteiger partial charge in [0.15, 0.2) is 0 Å². The van der Waals surface area contributed by atoms with Crippen molar-refractivity contribution < 1.29 is 14.6 Å². The average Bonchev–Trinajstić information content (AvgIpc) is 2.24. The molecule has 0 aliphatic heterocycles. The van der Waals surface area contributed by atoms with Crippen molar-refractivity contribution in [2.24, 2.45) is 0 Å². The summed E-state index contributed by atoms with van der Waals surface area (Å²) in [6.07, 6.45) is 0.268. The quantitative estimate of drug-likeness (QED) is 0.442. The molecule has 0 heterocycles. The van der Waals surface area contributed by atoms with Crippen LogP contribution in [-0.2, 0) is 9.53 Å². The number of carbonyl (C=O) groups is 1. The second-order valence-electron chi connectivity index (χ2n) is 2.92. The van der Waals surface area contributed by atoms with Crippen molar-refractivity contribution in [3.63, 3.8) is 0 Å². The van der Waals surface area contributed by atoms with Crippen molar-refractivity contribution in [1.29, 1.82) is 5.41 Å². The highest BCUT2D eigenvalue weighted by atomic mass is 16.5. The molecule has 0 radical (unpaired) electrons. The molecule has 0 aliphatic rings. The summed E-state index contributed by atoms with van der Waals surface area (Å²) in [6, 6.07) is 0. The molecule has 0 spiro atoms. The van der Waals surface area contributed by atoms with Gasteiger partial charge in [-0.3, -0.25) is 5.41 Å². The molecule has 0 rings (SSSR count). The molecule has 3 N–H and O–H groups in total. The zero-order valence-corrected chi connectivity index (χ0v) is 9.39. The van der Waals surface area contributed by atoms with Crippen LogP contribution in [0.5, 0.6) is 0 Å². The highest BCUT2D eigenvalue weighted by Crippen LogP contribution is 2.08. The minimum Gasteiger partial charge on any atom is -0.461 e. The predicted octanol–water partition coefficient (Wildman–Crippen LogP) is 0.445. The Morgan fingerprint density at radius 3 is 2.53 bits per heavy atom. The number of esters is 1. The zero-order chi connectivity index (χ0) is 11.8. The Hall–Kier alpha value is -1.36. The smallest absolute Gasteiger partial charge is 0.356 e. The number of rotatable bonds is 6. The molecular formula is C10H18N2O3. The lowest BCUT2D eigenvalue weighted by atomic mass is 10.1. The zero-order valence-electron chi connectivity index (χ0n) is 9.39. The molecule has 5 nitrogen and oxygen atoms in total. The van der Waals surface area contributed by atoms with Gasteiger partial charge in [0.1, 0.15) is 5.71 Å². The first-order valence-corrected chi connectivity index (χ1v) is 4.82. The van der Waals surface area contributed by atoms with E-state index in [1.165, 1.54) is 0 Å². The van der Waals surface area contributed by atoms with Crippen LogP contribution in [0.4, 0.5) is 0 Å². The molecule has 0 atom stereocenters. The third kappa shape index (κ3) is 4.12. The van der Waals surface area contributed by atoms with Gasteiger partial charge < -0.3 is 15.2 Å². The van der Waals surface area contributed by atoms with Crippen LogP contribution >= 0.6 is 0 Å². The Bertz CT molecular complexity index is 272. The van der Waals surface area contributed by atoms with E-state index in [1.54, 1.807) is 20.9 Å². The highest BCUT2D eigenvalue weighted by Gasteiger charge is 2.17. The fourth-order valence-corrected chi connectivity index (χ4v) is 1.09. The molecule has 0 saturated carbocycles. The first-order valence-electron chi connectivity index (χ1n) is 4.82. The molecule has 0 aromatic heterocycles. The standard InChI is InChI=1S/C10H18N2O3/c1-4-15-10(14)9(11)8(5-6-13)7(2)12-3/h11-13H,4-6H2,1-3H3/b8-7-,11-9?. The van der Waals surface area contributed by atoms with E-state index >= 15 is 0 Å². The minimum absolute atomic E-state index is 0.101. The van der Waals surface area contributed by atoms with E-state index in [4.69, 9.17) is 15.3 Å². The van der Waals surface area contributed by atoms with E-state index in [0.29, 0.717) is 11.3 Å². The van der Waals surface area contributed by atoms with E-state index < -0.39 is 5.97 Å². The number of ether oxygens (including phenoxy) is 1. The molecule has 15 heavy (non-hydrogen) atoms. The average molecular weight is 214 g/mol. The third-order valence-corrected chi connectivity index (χ3v) is 1.97. The Kier molecular flexibility index (Phi) is 6.37. The largest absolute Gasteiger partial charge is 0.461 e. The SMILES string of the molecule is CCOC(=O)C(=N)/C(CCO)=C(/C)NC.